The summed E-state index contributed by atoms with van der Waals surface area (Å²) >= 11 is 0. The van der Waals surface area contributed by atoms with Gasteiger partial charge < -0.3 is 10.2 Å². The largest absolute Gasteiger partial charge is 0.327 e. The first kappa shape index (κ1) is 19.6. The summed E-state index contributed by atoms with van der Waals surface area (Å²) in [7, 11) is 0. The number of benzene rings is 3. The van der Waals surface area contributed by atoms with Crippen LogP contribution >= 0.6 is 0 Å². The summed E-state index contributed by atoms with van der Waals surface area (Å²) < 4.78 is 0. The average molecular weight is 411 g/mol. The van der Waals surface area contributed by atoms with Crippen LogP contribution in [-0.4, -0.2) is 22.8 Å². The molecule has 4 nitrogen and oxygen atoms in total. The van der Waals surface area contributed by atoms with E-state index in [-0.39, 0.29) is 23.9 Å². The van der Waals surface area contributed by atoms with Crippen LogP contribution in [-0.2, 0) is 4.79 Å². The Balaban J connectivity index is 1.63. The van der Waals surface area contributed by atoms with Crippen LogP contribution in [0.2, 0.25) is 0 Å². The van der Waals surface area contributed by atoms with E-state index in [9.17, 15) is 9.59 Å². The first-order chi connectivity index (χ1) is 15.0. The molecule has 1 heterocycles. The molecule has 3 aromatic rings. The van der Waals surface area contributed by atoms with Gasteiger partial charge in [0.1, 0.15) is 0 Å². The highest BCUT2D eigenvalue weighted by molar-refractivity contribution is 6.04. The summed E-state index contributed by atoms with van der Waals surface area (Å²) in [5, 5.41) is 3.11. The van der Waals surface area contributed by atoms with Crippen molar-refractivity contribution in [3.05, 3.63) is 101 Å². The number of amides is 2. The van der Waals surface area contributed by atoms with E-state index < -0.39 is 5.92 Å². The van der Waals surface area contributed by atoms with Crippen molar-refractivity contribution in [2.45, 2.75) is 44.7 Å². The lowest BCUT2D eigenvalue weighted by atomic mass is 9.78. The van der Waals surface area contributed by atoms with E-state index >= 15 is 0 Å². The molecule has 1 aliphatic carbocycles. The van der Waals surface area contributed by atoms with Crippen molar-refractivity contribution < 1.29 is 9.59 Å². The Kier molecular flexibility index (Phi) is 4.85. The summed E-state index contributed by atoms with van der Waals surface area (Å²) in [6, 6.07) is 23.5. The van der Waals surface area contributed by atoms with Gasteiger partial charge in [-0.1, -0.05) is 65.7 Å². The molecule has 2 atom stereocenters. The summed E-state index contributed by atoms with van der Waals surface area (Å²) in [6.07, 6.45) is 1.98. The maximum atomic E-state index is 13.7. The van der Waals surface area contributed by atoms with E-state index in [0.29, 0.717) is 5.56 Å². The standard InChI is InChI=1S/C27H26N2O2/c1-17-10-12-20(13-11-17)28-26(30)24-22-8-3-4-9-23(22)27(31)29(21-14-15-21)25(24)19-7-5-6-18(2)16-19/h3-13,16,21,24-25H,14-15H2,1-2H3,(H,28,30)/t24-,25+/m1/s1. The first-order valence-corrected chi connectivity index (χ1v) is 10.9. The molecule has 156 valence electrons. The number of carbonyl (C=O) groups excluding carboxylic acids is 2. The van der Waals surface area contributed by atoms with Gasteiger partial charge in [-0.3, -0.25) is 9.59 Å². The van der Waals surface area contributed by atoms with Crippen LogP contribution in [0.4, 0.5) is 5.69 Å². The maximum absolute atomic E-state index is 13.7. The number of carbonyl (C=O) groups is 2. The van der Waals surface area contributed by atoms with Crippen molar-refractivity contribution in [3.63, 3.8) is 0 Å². The Morgan fingerprint density at radius 2 is 1.65 bits per heavy atom. The average Bonchev–Trinajstić information content (AvgIpc) is 3.60. The van der Waals surface area contributed by atoms with Crippen LogP contribution in [0.1, 0.15) is 57.4 Å². The fourth-order valence-electron chi connectivity index (χ4n) is 4.65. The lowest BCUT2D eigenvalue weighted by Gasteiger charge is -2.42. The SMILES string of the molecule is Cc1ccc(NC(=O)[C@@H]2c3ccccc3C(=O)N(C3CC3)[C@H]2c2cccc(C)c2)cc1. The zero-order valence-electron chi connectivity index (χ0n) is 17.8. The second-order valence-electron chi connectivity index (χ2n) is 8.72. The minimum Gasteiger partial charge on any atom is -0.327 e. The van der Waals surface area contributed by atoms with E-state index in [1.165, 1.54) is 0 Å². The summed E-state index contributed by atoms with van der Waals surface area (Å²) in [5.41, 5.74) is 5.49. The highest BCUT2D eigenvalue weighted by atomic mass is 16.2. The van der Waals surface area contributed by atoms with Crippen molar-refractivity contribution in [1.29, 1.82) is 0 Å². The molecule has 0 saturated heterocycles. The molecule has 2 aliphatic rings. The predicted octanol–water partition coefficient (Wildman–Crippen LogP) is 5.39. The number of rotatable bonds is 4. The number of fused-ring (bicyclic) bond motifs is 1. The third kappa shape index (κ3) is 3.63. The first-order valence-electron chi connectivity index (χ1n) is 10.9. The zero-order valence-corrected chi connectivity index (χ0v) is 17.8. The topological polar surface area (TPSA) is 49.4 Å². The van der Waals surface area contributed by atoms with Gasteiger partial charge >= 0.3 is 0 Å². The predicted molar refractivity (Wildman–Crippen MR) is 122 cm³/mol. The minimum absolute atomic E-state index is 0.0315. The molecule has 0 unspecified atom stereocenters. The van der Waals surface area contributed by atoms with Crippen LogP contribution in [0, 0.1) is 13.8 Å². The third-order valence-corrected chi connectivity index (χ3v) is 6.30. The van der Waals surface area contributed by atoms with Crippen LogP contribution in [0.5, 0.6) is 0 Å². The van der Waals surface area contributed by atoms with Gasteiger partial charge in [0.25, 0.3) is 5.91 Å². The Bertz CT molecular complexity index is 1150. The van der Waals surface area contributed by atoms with E-state index in [2.05, 4.69) is 11.4 Å². The minimum atomic E-state index is -0.474. The van der Waals surface area contributed by atoms with Crippen molar-refractivity contribution in [1.82, 2.24) is 4.90 Å². The van der Waals surface area contributed by atoms with Crippen LogP contribution in [0.3, 0.4) is 0 Å². The molecule has 31 heavy (non-hydrogen) atoms. The van der Waals surface area contributed by atoms with Gasteiger partial charge in [-0.2, -0.15) is 0 Å². The van der Waals surface area contributed by atoms with E-state index in [0.717, 1.165) is 40.8 Å². The van der Waals surface area contributed by atoms with Crippen LogP contribution in [0.15, 0.2) is 72.8 Å². The lowest BCUT2D eigenvalue weighted by Crippen LogP contribution is -2.47. The highest BCUT2D eigenvalue weighted by Gasteiger charge is 2.49. The van der Waals surface area contributed by atoms with Crippen molar-refractivity contribution in [2.24, 2.45) is 0 Å². The number of hydrogen-bond acceptors (Lipinski definition) is 2. The molecule has 1 aliphatic heterocycles. The van der Waals surface area contributed by atoms with Crippen LogP contribution in [0.25, 0.3) is 0 Å². The molecule has 1 fully saturated rings. The van der Waals surface area contributed by atoms with Gasteiger partial charge in [0.15, 0.2) is 0 Å². The summed E-state index contributed by atoms with van der Waals surface area (Å²) in [6.45, 7) is 4.07. The molecule has 4 heteroatoms. The van der Waals surface area contributed by atoms with Gasteiger partial charge in [0, 0.05) is 17.3 Å². The van der Waals surface area contributed by atoms with E-state index in [4.69, 9.17) is 0 Å². The number of nitrogens with one attached hydrogen (secondary N) is 1. The fourth-order valence-corrected chi connectivity index (χ4v) is 4.65. The maximum Gasteiger partial charge on any atom is 0.254 e. The van der Waals surface area contributed by atoms with E-state index in [1.54, 1.807) is 0 Å². The van der Waals surface area contributed by atoms with Gasteiger partial charge in [-0.15, -0.1) is 0 Å². The quantitative estimate of drug-likeness (QED) is 0.627. The Morgan fingerprint density at radius 3 is 2.35 bits per heavy atom. The molecule has 0 spiro atoms. The molecule has 0 radical (unpaired) electrons. The highest BCUT2D eigenvalue weighted by Crippen LogP contribution is 2.48. The van der Waals surface area contributed by atoms with Gasteiger partial charge in [0.2, 0.25) is 5.91 Å². The second-order valence-corrected chi connectivity index (χ2v) is 8.72. The monoisotopic (exact) mass is 410 g/mol. The normalized spacial score (nSPS) is 20.3. The number of hydrogen-bond donors (Lipinski definition) is 1. The molecule has 3 aromatic carbocycles. The summed E-state index contributed by atoms with van der Waals surface area (Å²) in [5.74, 6) is -0.525. The van der Waals surface area contributed by atoms with Crippen molar-refractivity contribution in [3.8, 4) is 0 Å². The van der Waals surface area contributed by atoms with Gasteiger partial charge in [-0.25, -0.2) is 0 Å². The molecule has 5 rings (SSSR count). The Labute approximate surface area is 182 Å². The number of nitrogens with zero attached hydrogens (tertiary/aromatic N) is 1. The van der Waals surface area contributed by atoms with Crippen LogP contribution < -0.4 is 5.32 Å². The molecule has 1 saturated carbocycles. The third-order valence-electron chi connectivity index (χ3n) is 6.30. The lowest BCUT2D eigenvalue weighted by molar-refractivity contribution is -0.119. The summed E-state index contributed by atoms with van der Waals surface area (Å²) in [4.78, 5) is 29.2. The van der Waals surface area contributed by atoms with E-state index in [1.807, 2.05) is 85.5 Å². The number of anilines is 1. The molecular formula is C27H26N2O2. The van der Waals surface area contributed by atoms with Gasteiger partial charge in [0.05, 0.1) is 12.0 Å². The Morgan fingerprint density at radius 1 is 0.903 bits per heavy atom. The van der Waals surface area contributed by atoms with Gasteiger partial charge in [-0.05, 0) is 56.0 Å². The molecular weight excluding hydrogens is 384 g/mol. The molecule has 0 aromatic heterocycles. The van der Waals surface area contributed by atoms with Crippen molar-refractivity contribution in [2.75, 3.05) is 5.32 Å². The second kappa shape index (κ2) is 7.69. The zero-order chi connectivity index (χ0) is 21.5. The molecule has 2 amide bonds. The smallest absolute Gasteiger partial charge is 0.254 e. The Hall–Kier alpha value is -3.40. The molecule has 0 bridgehead atoms. The van der Waals surface area contributed by atoms with Crippen molar-refractivity contribution >= 4 is 17.5 Å². The fraction of sp³-hybridized carbons (Fsp3) is 0.259. The number of aryl methyl sites for hydroxylation is 2. The molecule has 1 N–H and O–H groups in total.